The molecule has 0 atom stereocenters. The van der Waals surface area contributed by atoms with Crippen LogP contribution in [0.3, 0.4) is 0 Å². The Morgan fingerprint density at radius 1 is 1.10 bits per heavy atom. The van der Waals surface area contributed by atoms with Gasteiger partial charge in [-0.2, -0.15) is 5.10 Å². The van der Waals surface area contributed by atoms with Crippen LogP contribution in [0.5, 0.6) is 5.75 Å². The number of hydrogen-bond donors (Lipinski definition) is 1. The third kappa shape index (κ3) is 3.98. The fourth-order valence-corrected chi connectivity index (χ4v) is 3.08. The summed E-state index contributed by atoms with van der Waals surface area (Å²) in [6.45, 7) is 0. The summed E-state index contributed by atoms with van der Waals surface area (Å²) >= 11 is 12.1. The van der Waals surface area contributed by atoms with Crippen LogP contribution < -0.4 is 4.74 Å². The molecule has 2 aromatic carbocycles. The van der Waals surface area contributed by atoms with Crippen LogP contribution in [-0.2, 0) is 0 Å². The lowest BCUT2D eigenvalue weighted by molar-refractivity contribution is 0.415. The molecule has 146 valence electrons. The monoisotopic (exact) mass is 430 g/mol. The van der Waals surface area contributed by atoms with Gasteiger partial charge in [-0.25, -0.2) is 14.2 Å². The maximum Gasteiger partial charge on any atom is 0.172 e. The van der Waals surface area contributed by atoms with Crippen molar-refractivity contribution in [2.75, 3.05) is 7.11 Å². The molecular formula is C19H13Cl2FN6O. The van der Waals surface area contributed by atoms with Crippen LogP contribution in [0.2, 0.25) is 10.0 Å². The Labute approximate surface area is 174 Å². The number of halogens is 3. The van der Waals surface area contributed by atoms with Crippen LogP contribution in [0.1, 0.15) is 11.4 Å². The van der Waals surface area contributed by atoms with E-state index in [0.717, 1.165) is 5.56 Å². The Morgan fingerprint density at radius 2 is 1.97 bits per heavy atom. The lowest BCUT2D eigenvalue weighted by Gasteiger charge is -2.06. The molecule has 29 heavy (non-hydrogen) atoms. The molecular weight excluding hydrogens is 418 g/mol. The fourth-order valence-electron chi connectivity index (χ4n) is 2.71. The topological polar surface area (TPSA) is 81.5 Å². The molecule has 0 bridgehead atoms. The first-order chi connectivity index (χ1) is 14.0. The number of hydrogen-bond acceptors (Lipinski definition) is 5. The van der Waals surface area contributed by atoms with Crippen molar-refractivity contribution < 1.29 is 9.13 Å². The zero-order chi connectivity index (χ0) is 20.4. The molecule has 0 aliphatic rings. The molecule has 10 heteroatoms. The molecule has 7 nitrogen and oxygen atoms in total. The highest BCUT2D eigenvalue weighted by atomic mass is 35.5. The number of aromatic nitrogens is 6. The number of benzene rings is 2. The maximum atomic E-state index is 14.0. The minimum Gasteiger partial charge on any atom is -0.495 e. The van der Waals surface area contributed by atoms with Gasteiger partial charge in [-0.3, -0.25) is 0 Å². The molecule has 0 aliphatic carbocycles. The second-order valence-corrected chi connectivity index (χ2v) is 6.76. The summed E-state index contributed by atoms with van der Waals surface area (Å²) < 4.78 is 20.9. The summed E-state index contributed by atoms with van der Waals surface area (Å²) in [4.78, 5) is 0. The van der Waals surface area contributed by atoms with Gasteiger partial charge in [0, 0.05) is 17.3 Å². The first-order valence-electron chi connectivity index (χ1n) is 8.36. The van der Waals surface area contributed by atoms with Gasteiger partial charge >= 0.3 is 0 Å². The number of H-pyrrole nitrogens is 1. The standard InChI is InChI=1S/C19H13Cl2FN6O/c1-29-17-6-4-13(9-15(17)21)28-10-12(3-7-18-23-26-27-24-18)19(25-28)11-2-5-14(20)16(22)8-11/h2-10H,1H3,(H,23,24,26,27)/b7-3+. The van der Waals surface area contributed by atoms with E-state index in [1.165, 1.54) is 12.1 Å². The van der Waals surface area contributed by atoms with E-state index in [1.54, 1.807) is 48.3 Å². The highest BCUT2D eigenvalue weighted by Crippen LogP contribution is 2.30. The van der Waals surface area contributed by atoms with E-state index in [0.29, 0.717) is 33.5 Å². The number of aromatic amines is 1. The third-order valence-corrected chi connectivity index (χ3v) is 4.72. The molecule has 4 rings (SSSR count). The van der Waals surface area contributed by atoms with Gasteiger partial charge in [-0.15, -0.1) is 5.10 Å². The largest absolute Gasteiger partial charge is 0.495 e. The fraction of sp³-hybridized carbons (Fsp3) is 0.0526. The Morgan fingerprint density at radius 3 is 2.66 bits per heavy atom. The lowest BCUT2D eigenvalue weighted by Crippen LogP contribution is -1.96. The average Bonchev–Trinajstić information content (AvgIpc) is 3.38. The van der Waals surface area contributed by atoms with Gasteiger partial charge in [0.05, 0.1) is 22.8 Å². The van der Waals surface area contributed by atoms with E-state index >= 15 is 0 Å². The number of tetrazole rings is 1. The molecule has 0 fully saturated rings. The molecule has 0 spiro atoms. The van der Waals surface area contributed by atoms with Crippen LogP contribution >= 0.6 is 23.2 Å². The van der Waals surface area contributed by atoms with Crippen molar-refractivity contribution in [2.24, 2.45) is 0 Å². The second kappa shape index (κ2) is 8.02. The minimum atomic E-state index is -0.527. The predicted octanol–water partition coefficient (Wildman–Crippen LogP) is 4.68. The molecule has 4 aromatic rings. The lowest BCUT2D eigenvalue weighted by atomic mass is 10.1. The Hall–Kier alpha value is -3.23. The molecule has 2 heterocycles. The SMILES string of the molecule is COc1ccc(-n2cc(/C=C/c3nnn[nH]3)c(-c3ccc(Cl)c(F)c3)n2)cc1Cl. The van der Waals surface area contributed by atoms with Crippen LogP contribution in [0.25, 0.3) is 29.1 Å². The van der Waals surface area contributed by atoms with Gasteiger partial charge in [0.2, 0.25) is 0 Å². The minimum absolute atomic E-state index is 0.0416. The number of methoxy groups -OCH3 is 1. The molecule has 0 radical (unpaired) electrons. The molecule has 2 aromatic heterocycles. The van der Waals surface area contributed by atoms with E-state index in [4.69, 9.17) is 27.9 Å². The Bertz CT molecular complexity index is 1190. The number of ether oxygens (including phenoxy) is 1. The molecule has 0 saturated carbocycles. The summed E-state index contributed by atoms with van der Waals surface area (Å²) in [5.41, 5.74) is 2.55. The van der Waals surface area contributed by atoms with Crippen molar-refractivity contribution in [2.45, 2.75) is 0 Å². The molecule has 0 amide bonds. The van der Waals surface area contributed by atoms with E-state index in [2.05, 4.69) is 25.7 Å². The van der Waals surface area contributed by atoms with Crippen LogP contribution in [0.4, 0.5) is 4.39 Å². The third-order valence-electron chi connectivity index (χ3n) is 4.12. The van der Waals surface area contributed by atoms with Gasteiger partial charge in [0.25, 0.3) is 0 Å². The molecule has 0 aliphatic heterocycles. The Kier molecular flexibility index (Phi) is 5.28. The van der Waals surface area contributed by atoms with Crippen LogP contribution in [-0.4, -0.2) is 37.5 Å². The summed E-state index contributed by atoms with van der Waals surface area (Å²) in [6, 6.07) is 9.82. The van der Waals surface area contributed by atoms with Crippen LogP contribution in [0.15, 0.2) is 42.6 Å². The smallest absolute Gasteiger partial charge is 0.172 e. The van der Waals surface area contributed by atoms with Crippen molar-refractivity contribution >= 4 is 35.4 Å². The van der Waals surface area contributed by atoms with Gasteiger partial charge in [0.1, 0.15) is 17.3 Å². The van der Waals surface area contributed by atoms with Gasteiger partial charge in [-0.05, 0) is 52.9 Å². The molecule has 0 unspecified atom stereocenters. The second-order valence-electron chi connectivity index (χ2n) is 5.95. The van der Waals surface area contributed by atoms with Crippen molar-refractivity contribution in [3.63, 3.8) is 0 Å². The predicted molar refractivity (Wildman–Crippen MR) is 109 cm³/mol. The summed E-state index contributed by atoms with van der Waals surface area (Å²) in [5.74, 6) is 0.500. The quantitative estimate of drug-likeness (QED) is 0.497. The highest BCUT2D eigenvalue weighted by Gasteiger charge is 2.14. The van der Waals surface area contributed by atoms with Crippen molar-refractivity contribution in [1.82, 2.24) is 30.4 Å². The summed E-state index contributed by atoms with van der Waals surface area (Å²) in [7, 11) is 1.54. The van der Waals surface area contributed by atoms with Gasteiger partial charge in [0.15, 0.2) is 5.82 Å². The van der Waals surface area contributed by atoms with E-state index in [9.17, 15) is 4.39 Å². The molecule has 0 saturated heterocycles. The first kappa shape index (κ1) is 19.1. The normalized spacial score (nSPS) is 11.3. The maximum absolute atomic E-state index is 14.0. The number of rotatable bonds is 5. The highest BCUT2D eigenvalue weighted by molar-refractivity contribution is 6.32. The average molecular weight is 431 g/mol. The van der Waals surface area contributed by atoms with Gasteiger partial charge in [-0.1, -0.05) is 29.3 Å². The van der Waals surface area contributed by atoms with Gasteiger partial charge < -0.3 is 4.74 Å². The van der Waals surface area contributed by atoms with Crippen LogP contribution in [0, 0.1) is 5.82 Å². The Balaban J connectivity index is 1.81. The van der Waals surface area contributed by atoms with E-state index in [1.807, 2.05) is 6.07 Å². The number of nitrogens with one attached hydrogen (secondary N) is 1. The van der Waals surface area contributed by atoms with E-state index in [-0.39, 0.29) is 5.02 Å². The first-order valence-corrected chi connectivity index (χ1v) is 9.11. The zero-order valence-corrected chi connectivity index (χ0v) is 16.5. The van der Waals surface area contributed by atoms with Crippen molar-refractivity contribution in [1.29, 1.82) is 0 Å². The summed E-state index contributed by atoms with van der Waals surface area (Å²) in [5, 5.41) is 18.6. The van der Waals surface area contributed by atoms with Crippen molar-refractivity contribution in [3.05, 3.63) is 69.8 Å². The van der Waals surface area contributed by atoms with Crippen molar-refractivity contribution in [3.8, 4) is 22.7 Å². The number of nitrogens with zero attached hydrogens (tertiary/aromatic N) is 5. The summed E-state index contributed by atoms with van der Waals surface area (Å²) in [6.07, 6.45) is 5.26. The molecule has 1 N–H and O–H groups in total. The zero-order valence-electron chi connectivity index (χ0n) is 15.0. The van der Waals surface area contributed by atoms with E-state index < -0.39 is 5.82 Å².